The number of rotatable bonds is 3. The molecule has 1 aliphatic rings. The number of carbonyl (C=O) groups excluding carboxylic acids is 2. The van der Waals surface area contributed by atoms with Crippen LogP contribution in [0.15, 0.2) is 51.8 Å². The van der Waals surface area contributed by atoms with Crippen LogP contribution in [0.5, 0.6) is 5.75 Å². The minimum atomic E-state index is -0.487. The van der Waals surface area contributed by atoms with E-state index < -0.39 is 5.97 Å². The lowest BCUT2D eigenvalue weighted by Crippen LogP contribution is -2.17. The molecule has 0 spiro atoms. The molecule has 8 heteroatoms. The highest BCUT2D eigenvalue weighted by atomic mass is 79.9. The Morgan fingerprint density at radius 2 is 1.96 bits per heavy atom. The van der Waals surface area contributed by atoms with Crippen molar-refractivity contribution >= 4 is 73.8 Å². The van der Waals surface area contributed by atoms with Gasteiger partial charge in [-0.3, -0.25) is 4.79 Å². The van der Waals surface area contributed by atoms with E-state index in [9.17, 15) is 9.59 Å². The number of carbonyl (C=O) groups is 2. The lowest BCUT2D eigenvalue weighted by molar-refractivity contribution is -0.115. The molecule has 0 saturated carbocycles. The number of amides is 1. The summed E-state index contributed by atoms with van der Waals surface area (Å²) in [5, 5.41) is 3.10. The topological polar surface area (TPSA) is 55.4 Å². The molecule has 1 aliphatic heterocycles. The Morgan fingerprint density at radius 1 is 1.24 bits per heavy atom. The monoisotopic (exact) mass is 453 g/mol. The quantitative estimate of drug-likeness (QED) is 0.312. The first-order valence-corrected chi connectivity index (χ1v) is 9.34. The average Bonchev–Trinajstić information content (AvgIpc) is 2.88. The third-order valence-corrected chi connectivity index (χ3v) is 5.21. The number of hydrogen-bond donors (Lipinski definition) is 1. The Hall–Kier alpha value is -1.67. The molecule has 126 valence electrons. The molecule has 3 rings (SSSR count). The van der Waals surface area contributed by atoms with Crippen molar-refractivity contribution in [1.82, 2.24) is 5.32 Å². The number of thioether (sulfide) groups is 1. The first-order valence-electron chi connectivity index (χ1n) is 6.94. The third kappa shape index (κ3) is 4.49. The lowest BCUT2D eigenvalue weighted by Gasteiger charge is -2.07. The number of benzene rings is 2. The number of hydrogen-bond acceptors (Lipinski definition) is 5. The van der Waals surface area contributed by atoms with Crippen LogP contribution in [-0.4, -0.2) is 16.2 Å². The summed E-state index contributed by atoms with van der Waals surface area (Å²) < 4.78 is 6.41. The van der Waals surface area contributed by atoms with Crippen LogP contribution in [0.3, 0.4) is 0 Å². The smallest absolute Gasteiger partial charge is 0.343 e. The van der Waals surface area contributed by atoms with Crippen LogP contribution in [0.4, 0.5) is 0 Å². The fraction of sp³-hybridized carbons (Fsp3) is 0. The van der Waals surface area contributed by atoms with Gasteiger partial charge >= 0.3 is 5.97 Å². The van der Waals surface area contributed by atoms with Crippen molar-refractivity contribution in [1.29, 1.82) is 0 Å². The SMILES string of the molecule is O=C1NC(=S)S/C1=C\c1ccc(OC(=O)c2ccc(Cl)cc2)c(Br)c1. The van der Waals surface area contributed by atoms with Crippen LogP contribution in [-0.2, 0) is 4.79 Å². The van der Waals surface area contributed by atoms with Crippen molar-refractivity contribution in [3.05, 3.63) is 68.0 Å². The highest BCUT2D eigenvalue weighted by Gasteiger charge is 2.22. The van der Waals surface area contributed by atoms with Crippen LogP contribution in [0.1, 0.15) is 15.9 Å². The number of ether oxygens (including phenoxy) is 1. The molecule has 1 fully saturated rings. The van der Waals surface area contributed by atoms with E-state index in [1.54, 1.807) is 48.5 Å². The molecule has 0 bridgehead atoms. The number of nitrogens with one attached hydrogen (secondary N) is 1. The molecule has 0 aromatic heterocycles. The zero-order valence-corrected chi connectivity index (χ0v) is 16.4. The van der Waals surface area contributed by atoms with E-state index in [0.717, 1.165) is 5.56 Å². The molecule has 0 atom stereocenters. The van der Waals surface area contributed by atoms with Gasteiger partial charge in [0, 0.05) is 5.02 Å². The Bertz CT molecular complexity index is 913. The van der Waals surface area contributed by atoms with Gasteiger partial charge in [-0.1, -0.05) is 41.6 Å². The van der Waals surface area contributed by atoms with Gasteiger partial charge in [0.05, 0.1) is 14.9 Å². The van der Waals surface area contributed by atoms with Gasteiger partial charge in [-0.15, -0.1) is 0 Å². The van der Waals surface area contributed by atoms with Gasteiger partial charge in [0.15, 0.2) is 0 Å². The van der Waals surface area contributed by atoms with Crippen LogP contribution in [0, 0.1) is 0 Å². The third-order valence-electron chi connectivity index (χ3n) is 3.18. The summed E-state index contributed by atoms with van der Waals surface area (Å²) >= 11 is 15.3. The summed E-state index contributed by atoms with van der Waals surface area (Å²) in [6.07, 6.45) is 1.72. The summed E-state index contributed by atoms with van der Waals surface area (Å²) in [7, 11) is 0. The first kappa shape index (κ1) is 18.1. The van der Waals surface area contributed by atoms with Crippen molar-refractivity contribution in [2.45, 2.75) is 0 Å². The molecule has 0 radical (unpaired) electrons. The molecule has 1 amide bonds. The zero-order valence-electron chi connectivity index (χ0n) is 12.4. The lowest BCUT2D eigenvalue weighted by atomic mass is 10.2. The van der Waals surface area contributed by atoms with Crippen LogP contribution in [0.25, 0.3) is 6.08 Å². The normalized spacial score (nSPS) is 15.4. The second-order valence-electron chi connectivity index (χ2n) is 4.94. The second kappa shape index (κ2) is 7.70. The summed E-state index contributed by atoms with van der Waals surface area (Å²) in [6.45, 7) is 0. The van der Waals surface area contributed by atoms with E-state index in [0.29, 0.717) is 30.0 Å². The highest BCUT2D eigenvalue weighted by Crippen LogP contribution is 2.30. The van der Waals surface area contributed by atoms with Crippen molar-refractivity contribution < 1.29 is 14.3 Å². The number of thiocarbonyl (C=S) groups is 1. The number of halogens is 2. The Kier molecular flexibility index (Phi) is 5.58. The average molecular weight is 455 g/mol. The first-order chi connectivity index (χ1) is 11.9. The van der Waals surface area contributed by atoms with Gasteiger partial charge in [-0.2, -0.15) is 0 Å². The maximum absolute atomic E-state index is 12.2. The van der Waals surface area contributed by atoms with Gasteiger partial charge in [-0.25, -0.2) is 4.79 Å². The molecule has 4 nitrogen and oxygen atoms in total. The Morgan fingerprint density at radius 3 is 2.56 bits per heavy atom. The van der Waals surface area contributed by atoms with E-state index in [4.69, 9.17) is 28.6 Å². The van der Waals surface area contributed by atoms with E-state index >= 15 is 0 Å². The fourth-order valence-electron chi connectivity index (χ4n) is 2.01. The standard InChI is InChI=1S/C17H9BrClNO3S2/c18-12-7-9(8-14-15(21)20-17(24)25-14)1-6-13(12)23-16(22)10-2-4-11(19)5-3-10/h1-8H,(H,20,21,24)/b14-8-. The van der Waals surface area contributed by atoms with E-state index in [1.165, 1.54) is 11.8 Å². The molecule has 1 N–H and O–H groups in total. The van der Waals surface area contributed by atoms with Crippen molar-refractivity contribution in [3.63, 3.8) is 0 Å². The predicted molar refractivity (Wildman–Crippen MR) is 107 cm³/mol. The van der Waals surface area contributed by atoms with E-state index in [-0.39, 0.29) is 5.91 Å². The summed E-state index contributed by atoms with van der Waals surface area (Å²) in [5.74, 6) is -0.329. The van der Waals surface area contributed by atoms with Crippen molar-refractivity contribution in [3.8, 4) is 5.75 Å². The molecule has 2 aromatic rings. The van der Waals surface area contributed by atoms with Crippen LogP contribution >= 0.6 is 51.5 Å². The summed E-state index contributed by atoms with van der Waals surface area (Å²) in [6, 6.07) is 11.6. The van der Waals surface area contributed by atoms with Crippen LogP contribution < -0.4 is 10.1 Å². The van der Waals surface area contributed by atoms with Crippen LogP contribution in [0.2, 0.25) is 5.02 Å². The van der Waals surface area contributed by atoms with Gasteiger partial charge < -0.3 is 10.1 Å². The molecular weight excluding hydrogens is 446 g/mol. The van der Waals surface area contributed by atoms with Gasteiger partial charge in [0.25, 0.3) is 5.91 Å². The minimum Gasteiger partial charge on any atom is -0.422 e. The van der Waals surface area contributed by atoms with E-state index in [1.807, 2.05) is 0 Å². The molecule has 0 aliphatic carbocycles. The zero-order chi connectivity index (χ0) is 18.0. The van der Waals surface area contributed by atoms with E-state index in [2.05, 4.69) is 21.2 Å². The minimum absolute atomic E-state index is 0.218. The Balaban J connectivity index is 1.77. The maximum Gasteiger partial charge on any atom is 0.343 e. The van der Waals surface area contributed by atoms with Gasteiger partial charge in [0.1, 0.15) is 10.1 Å². The Labute approximate surface area is 166 Å². The van der Waals surface area contributed by atoms with Crippen molar-refractivity contribution in [2.75, 3.05) is 0 Å². The summed E-state index contributed by atoms with van der Waals surface area (Å²) in [5.41, 5.74) is 1.18. The maximum atomic E-state index is 12.2. The number of esters is 1. The molecular formula is C17H9BrClNO3S2. The molecule has 25 heavy (non-hydrogen) atoms. The molecule has 2 aromatic carbocycles. The molecule has 1 heterocycles. The predicted octanol–water partition coefficient (Wildman–Crippen LogP) is 4.81. The fourth-order valence-corrected chi connectivity index (χ4v) is 3.65. The second-order valence-corrected chi connectivity index (χ2v) is 7.95. The van der Waals surface area contributed by atoms with Gasteiger partial charge in [-0.05, 0) is 64.0 Å². The van der Waals surface area contributed by atoms with Crippen molar-refractivity contribution in [2.24, 2.45) is 0 Å². The largest absolute Gasteiger partial charge is 0.422 e. The molecule has 0 unspecified atom stereocenters. The summed E-state index contributed by atoms with van der Waals surface area (Å²) in [4.78, 5) is 24.4. The van der Waals surface area contributed by atoms with Gasteiger partial charge in [0.2, 0.25) is 0 Å². The highest BCUT2D eigenvalue weighted by molar-refractivity contribution is 9.10. The molecule has 1 saturated heterocycles.